The summed E-state index contributed by atoms with van der Waals surface area (Å²) in [5, 5.41) is 13.8. The van der Waals surface area contributed by atoms with Crippen LogP contribution in [0.5, 0.6) is 0 Å². The lowest BCUT2D eigenvalue weighted by atomic mass is 10.1. The zero-order valence-corrected chi connectivity index (χ0v) is 10.8. The van der Waals surface area contributed by atoms with Gasteiger partial charge in [0, 0.05) is 16.1 Å². The smallest absolute Gasteiger partial charge is 0.165 e. The predicted molar refractivity (Wildman–Crippen MR) is 65.3 cm³/mol. The maximum absolute atomic E-state index is 9.32. The van der Waals surface area contributed by atoms with Crippen LogP contribution in [-0.2, 0) is 0 Å². The van der Waals surface area contributed by atoms with E-state index in [0.717, 1.165) is 10.0 Å². The molecule has 1 heterocycles. The standard InChI is InChI=1S/C11H9BrClNO2/c1-6(15)11-5-10(14-16-11)7-2-3-8(12)9(13)4-7/h2-6,15H,1H3. The summed E-state index contributed by atoms with van der Waals surface area (Å²) in [4.78, 5) is 0. The molecule has 3 nitrogen and oxygen atoms in total. The van der Waals surface area contributed by atoms with Gasteiger partial charge in [0.15, 0.2) is 5.76 Å². The molecule has 0 radical (unpaired) electrons. The Balaban J connectivity index is 2.39. The highest BCUT2D eigenvalue weighted by Crippen LogP contribution is 2.29. The van der Waals surface area contributed by atoms with Crippen molar-refractivity contribution in [2.24, 2.45) is 0 Å². The van der Waals surface area contributed by atoms with Crippen LogP contribution in [0.2, 0.25) is 5.02 Å². The summed E-state index contributed by atoms with van der Waals surface area (Å²) in [6.07, 6.45) is -0.660. The molecule has 1 unspecified atom stereocenters. The molecule has 0 saturated heterocycles. The molecule has 0 aliphatic heterocycles. The predicted octanol–water partition coefficient (Wildman–Crippen LogP) is 3.81. The second kappa shape index (κ2) is 4.57. The number of aliphatic hydroxyl groups excluding tert-OH is 1. The maximum Gasteiger partial charge on any atom is 0.165 e. The molecule has 2 aromatic rings. The van der Waals surface area contributed by atoms with Gasteiger partial charge in [0.2, 0.25) is 0 Å². The van der Waals surface area contributed by atoms with Gasteiger partial charge in [0.1, 0.15) is 11.8 Å². The van der Waals surface area contributed by atoms with Crippen molar-refractivity contribution in [2.75, 3.05) is 0 Å². The Bertz CT molecular complexity index is 510. The Labute approximate surface area is 106 Å². The first kappa shape index (κ1) is 11.6. The topological polar surface area (TPSA) is 46.3 Å². The third-order valence-electron chi connectivity index (χ3n) is 2.16. The molecular formula is C11H9BrClNO2. The Morgan fingerprint density at radius 2 is 2.19 bits per heavy atom. The third kappa shape index (κ3) is 2.29. The van der Waals surface area contributed by atoms with E-state index in [1.165, 1.54) is 0 Å². The first-order valence-corrected chi connectivity index (χ1v) is 5.85. The molecular weight excluding hydrogens is 293 g/mol. The fourth-order valence-electron chi connectivity index (χ4n) is 1.28. The van der Waals surface area contributed by atoms with Crippen molar-refractivity contribution in [3.63, 3.8) is 0 Å². The van der Waals surface area contributed by atoms with Gasteiger partial charge in [-0.05, 0) is 35.0 Å². The monoisotopic (exact) mass is 301 g/mol. The average molecular weight is 303 g/mol. The second-order valence-corrected chi connectivity index (χ2v) is 4.68. The van der Waals surface area contributed by atoms with Crippen LogP contribution in [0.15, 0.2) is 33.3 Å². The van der Waals surface area contributed by atoms with Crippen LogP contribution in [0.25, 0.3) is 11.3 Å². The van der Waals surface area contributed by atoms with Gasteiger partial charge in [-0.15, -0.1) is 0 Å². The molecule has 1 aromatic carbocycles. The number of hydrogen-bond donors (Lipinski definition) is 1. The molecule has 0 amide bonds. The molecule has 1 N–H and O–H groups in total. The zero-order chi connectivity index (χ0) is 11.7. The quantitative estimate of drug-likeness (QED) is 0.917. The van der Waals surface area contributed by atoms with E-state index >= 15 is 0 Å². The summed E-state index contributed by atoms with van der Waals surface area (Å²) < 4.78 is 5.83. The van der Waals surface area contributed by atoms with Crippen LogP contribution < -0.4 is 0 Å². The molecule has 0 bridgehead atoms. The molecule has 0 spiro atoms. The van der Waals surface area contributed by atoms with E-state index in [1.54, 1.807) is 19.1 Å². The minimum Gasteiger partial charge on any atom is -0.385 e. The number of benzene rings is 1. The molecule has 0 aliphatic carbocycles. The second-order valence-electron chi connectivity index (χ2n) is 3.42. The van der Waals surface area contributed by atoms with E-state index in [2.05, 4.69) is 21.1 Å². The van der Waals surface area contributed by atoms with Crippen molar-refractivity contribution in [1.82, 2.24) is 5.16 Å². The van der Waals surface area contributed by atoms with Crippen LogP contribution in [0, 0.1) is 0 Å². The SMILES string of the molecule is CC(O)c1cc(-c2ccc(Br)c(Cl)c2)no1. The zero-order valence-electron chi connectivity index (χ0n) is 8.45. The van der Waals surface area contributed by atoms with Gasteiger partial charge in [-0.1, -0.05) is 22.8 Å². The van der Waals surface area contributed by atoms with E-state index in [4.69, 9.17) is 16.1 Å². The van der Waals surface area contributed by atoms with E-state index in [-0.39, 0.29) is 0 Å². The maximum atomic E-state index is 9.32. The fraction of sp³-hybridized carbons (Fsp3) is 0.182. The van der Waals surface area contributed by atoms with E-state index in [1.807, 2.05) is 12.1 Å². The Hall–Kier alpha value is -0.840. The summed E-state index contributed by atoms with van der Waals surface area (Å²) in [6.45, 7) is 1.62. The highest BCUT2D eigenvalue weighted by atomic mass is 79.9. The number of halogens is 2. The first-order valence-electron chi connectivity index (χ1n) is 4.68. The fourth-order valence-corrected chi connectivity index (χ4v) is 1.70. The van der Waals surface area contributed by atoms with Crippen molar-refractivity contribution < 1.29 is 9.63 Å². The third-order valence-corrected chi connectivity index (χ3v) is 3.39. The van der Waals surface area contributed by atoms with Crippen molar-refractivity contribution in [2.45, 2.75) is 13.0 Å². The van der Waals surface area contributed by atoms with Crippen molar-refractivity contribution >= 4 is 27.5 Å². The summed E-state index contributed by atoms with van der Waals surface area (Å²) >= 11 is 9.29. The van der Waals surface area contributed by atoms with Gasteiger partial charge in [0.05, 0.1) is 5.02 Å². The Morgan fingerprint density at radius 3 is 2.75 bits per heavy atom. The van der Waals surface area contributed by atoms with Crippen LogP contribution in [0.1, 0.15) is 18.8 Å². The van der Waals surface area contributed by atoms with Crippen LogP contribution in [0.4, 0.5) is 0 Å². The van der Waals surface area contributed by atoms with E-state index in [9.17, 15) is 5.11 Å². The molecule has 0 saturated carbocycles. The highest BCUT2D eigenvalue weighted by molar-refractivity contribution is 9.10. The van der Waals surface area contributed by atoms with Gasteiger partial charge in [0.25, 0.3) is 0 Å². The number of rotatable bonds is 2. The minimum atomic E-state index is -0.660. The number of hydrogen-bond acceptors (Lipinski definition) is 3. The summed E-state index contributed by atoms with van der Waals surface area (Å²) in [7, 11) is 0. The van der Waals surface area contributed by atoms with Crippen LogP contribution >= 0.6 is 27.5 Å². The molecule has 84 valence electrons. The largest absolute Gasteiger partial charge is 0.385 e. The lowest BCUT2D eigenvalue weighted by Crippen LogP contribution is -1.85. The van der Waals surface area contributed by atoms with E-state index < -0.39 is 6.10 Å². The van der Waals surface area contributed by atoms with Gasteiger partial charge in [-0.25, -0.2) is 0 Å². The lowest BCUT2D eigenvalue weighted by molar-refractivity contribution is 0.158. The first-order chi connectivity index (χ1) is 7.58. The van der Waals surface area contributed by atoms with Crippen LogP contribution in [-0.4, -0.2) is 10.3 Å². The molecule has 2 rings (SSSR count). The number of aliphatic hydroxyl groups is 1. The number of nitrogens with zero attached hydrogens (tertiary/aromatic N) is 1. The normalized spacial score (nSPS) is 12.8. The molecule has 0 fully saturated rings. The minimum absolute atomic E-state index is 0.439. The summed E-state index contributed by atoms with van der Waals surface area (Å²) in [5.41, 5.74) is 1.51. The highest BCUT2D eigenvalue weighted by Gasteiger charge is 2.11. The Kier molecular flexibility index (Phi) is 3.33. The average Bonchev–Trinajstić information content (AvgIpc) is 2.71. The molecule has 1 atom stereocenters. The van der Waals surface area contributed by atoms with Gasteiger partial charge >= 0.3 is 0 Å². The van der Waals surface area contributed by atoms with Gasteiger partial charge < -0.3 is 9.63 Å². The van der Waals surface area contributed by atoms with Gasteiger partial charge in [-0.2, -0.15) is 0 Å². The summed E-state index contributed by atoms with van der Waals surface area (Å²) in [6, 6.07) is 7.20. The molecule has 5 heteroatoms. The lowest BCUT2D eigenvalue weighted by Gasteiger charge is -1.98. The Morgan fingerprint density at radius 1 is 1.44 bits per heavy atom. The molecule has 0 aliphatic rings. The van der Waals surface area contributed by atoms with E-state index in [0.29, 0.717) is 16.5 Å². The van der Waals surface area contributed by atoms with Crippen molar-refractivity contribution in [3.05, 3.63) is 39.5 Å². The van der Waals surface area contributed by atoms with Crippen molar-refractivity contribution in [3.8, 4) is 11.3 Å². The number of aromatic nitrogens is 1. The summed E-state index contributed by atoms with van der Waals surface area (Å²) in [5.74, 6) is 0.439. The van der Waals surface area contributed by atoms with Crippen LogP contribution in [0.3, 0.4) is 0 Å². The van der Waals surface area contributed by atoms with Crippen molar-refractivity contribution in [1.29, 1.82) is 0 Å². The molecule has 16 heavy (non-hydrogen) atoms. The molecule has 1 aromatic heterocycles. The van der Waals surface area contributed by atoms with Gasteiger partial charge in [-0.3, -0.25) is 0 Å².